The summed E-state index contributed by atoms with van der Waals surface area (Å²) in [5.41, 5.74) is 9.73. The average molecular weight is 385 g/mol. The van der Waals surface area contributed by atoms with Crippen LogP contribution in [0.25, 0.3) is 11.3 Å². The zero-order valence-electron chi connectivity index (χ0n) is 13.6. The van der Waals surface area contributed by atoms with Gasteiger partial charge in [-0.3, -0.25) is 4.79 Å². The molecule has 1 aliphatic heterocycles. The van der Waals surface area contributed by atoms with Crippen molar-refractivity contribution in [1.29, 1.82) is 0 Å². The first-order chi connectivity index (χ1) is 12.5. The van der Waals surface area contributed by atoms with Crippen molar-refractivity contribution in [3.8, 4) is 11.3 Å². The third kappa shape index (κ3) is 3.00. The predicted molar refractivity (Wildman–Crippen MR) is 103 cm³/mol. The summed E-state index contributed by atoms with van der Waals surface area (Å²) in [6.45, 7) is 0.379. The van der Waals surface area contributed by atoms with Crippen LogP contribution >= 0.6 is 23.2 Å². The second-order valence-electron chi connectivity index (χ2n) is 6.02. The van der Waals surface area contributed by atoms with Crippen LogP contribution in [0.15, 0.2) is 48.7 Å². The maximum Gasteiger partial charge on any atom is 0.231 e. The molecule has 130 valence electrons. The summed E-state index contributed by atoms with van der Waals surface area (Å²) in [5, 5.41) is 0.942. The summed E-state index contributed by atoms with van der Waals surface area (Å²) in [4.78, 5) is 23.1. The molecule has 0 spiro atoms. The van der Waals surface area contributed by atoms with Gasteiger partial charge in [-0.25, -0.2) is 9.97 Å². The highest BCUT2D eigenvalue weighted by molar-refractivity contribution is 6.42. The Kier molecular flexibility index (Phi) is 4.26. The molecule has 1 amide bonds. The molecule has 0 radical (unpaired) electrons. The van der Waals surface area contributed by atoms with E-state index >= 15 is 0 Å². The lowest BCUT2D eigenvalue weighted by molar-refractivity contribution is -0.118. The molecule has 26 heavy (non-hydrogen) atoms. The fourth-order valence-corrected chi connectivity index (χ4v) is 3.40. The van der Waals surface area contributed by atoms with E-state index in [9.17, 15) is 4.79 Å². The molecule has 1 aliphatic rings. The van der Waals surface area contributed by atoms with Crippen LogP contribution in [0.2, 0.25) is 10.0 Å². The number of anilines is 2. The molecule has 0 fully saturated rings. The predicted octanol–water partition coefficient (Wildman–Crippen LogP) is 4.12. The molecule has 2 heterocycles. The summed E-state index contributed by atoms with van der Waals surface area (Å²) in [5.74, 6) is 0.138. The fraction of sp³-hybridized carbons (Fsp3) is 0.105. The summed E-state index contributed by atoms with van der Waals surface area (Å²) >= 11 is 12.1. The Morgan fingerprint density at radius 2 is 1.92 bits per heavy atom. The molecule has 5 nitrogen and oxygen atoms in total. The van der Waals surface area contributed by atoms with Gasteiger partial charge in [0.15, 0.2) is 0 Å². The van der Waals surface area contributed by atoms with Crippen molar-refractivity contribution < 1.29 is 4.79 Å². The van der Waals surface area contributed by atoms with Gasteiger partial charge in [0, 0.05) is 17.3 Å². The van der Waals surface area contributed by atoms with Gasteiger partial charge in [0.25, 0.3) is 0 Å². The van der Waals surface area contributed by atoms with E-state index in [0.717, 1.165) is 22.4 Å². The number of nitrogens with zero attached hydrogens (tertiary/aromatic N) is 3. The maximum absolute atomic E-state index is 13.0. The van der Waals surface area contributed by atoms with Gasteiger partial charge in [-0.05, 0) is 23.8 Å². The minimum atomic E-state index is -0.0457. The largest absolute Gasteiger partial charge is 0.368 e. The van der Waals surface area contributed by atoms with Crippen LogP contribution in [0.4, 0.5) is 11.6 Å². The first-order valence-electron chi connectivity index (χ1n) is 7.98. The lowest BCUT2D eigenvalue weighted by Gasteiger charge is -2.23. The van der Waals surface area contributed by atoms with Crippen molar-refractivity contribution in [3.05, 3.63) is 69.8 Å². The van der Waals surface area contributed by atoms with Crippen molar-refractivity contribution in [2.45, 2.75) is 13.0 Å². The van der Waals surface area contributed by atoms with E-state index in [4.69, 9.17) is 28.9 Å². The number of hydrogen-bond donors (Lipinski definition) is 1. The minimum Gasteiger partial charge on any atom is -0.368 e. The molecule has 0 atom stereocenters. The summed E-state index contributed by atoms with van der Waals surface area (Å²) < 4.78 is 0. The van der Waals surface area contributed by atoms with Gasteiger partial charge in [0.05, 0.1) is 34.4 Å². The number of halogens is 2. The Morgan fingerprint density at radius 1 is 1.12 bits per heavy atom. The minimum absolute atomic E-state index is 0.0457. The Morgan fingerprint density at radius 3 is 2.73 bits per heavy atom. The number of hydrogen-bond acceptors (Lipinski definition) is 4. The van der Waals surface area contributed by atoms with Crippen molar-refractivity contribution in [2.75, 3.05) is 10.6 Å². The van der Waals surface area contributed by atoms with Gasteiger partial charge < -0.3 is 10.6 Å². The third-order valence-corrected chi connectivity index (χ3v) is 5.04. The molecule has 4 rings (SSSR count). The number of aromatic nitrogens is 2. The molecule has 0 saturated heterocycles. The zero-order chi connectivity index (χ0) is 18.3. The highest BCUT2D eigenvalue weighted by atomic mass is 35.5. The highest BCUT2D eigenvalue weighted by Gasteiger charge is 2.27. The topological polar surface area (TPSA) is 72.1 Å². The second-order valence-corrected chi connectivity index (χ2v) is 6.84. The Hall–Kier alpha value is -2.63. The lowest BCUT2D eigenvalue weighted by atomic mass is 10.1. The average Bonchev–Trinajstić information content (AvgIpc) is 2.74. The molecule has 0 aliphatic carbocycles. The SMILES string of the molecule is Nc1ncc2c(n1)-c1ccccc1N(Cc1ccc(Cl)c(Cl)c1)C(=O)C2. The van der Waals surface area contributed by atoms with Crippen LogP contribution in [0, 0.1) is 0 Å². The number of para-hydroxylation sites is 1. The van der Waals surface area contributed by atoms with Gasteiger partial charge >= 0.3 is 0 Å². The molecule has 3 aromatic rings. The van der Waals surface area contributed by atoms with Crippen LogP contribution in [-0.4, -0.2) is 15.9 Å². The number of carbonyl (C=O) groups excluding carboxylic acids is 1. The van der Waals surface area contributed by atoms with Crippen molar-refractivity contribution in [3.63, 3.8) is 0 Å². The normalized spacial score (nSPS) is 13.2. The van der Waals surface area contributed by atoms with Gasteiger partial charge in [-0.1, -0.05) is 47.5 Å². The first kappa shape index (κ1) is 16.8. The van der Waals surface area contributed by atoms with E-state index in [-0.39, 0.29) is 18.3 Å². The van der Waals surface area contributed by atoms with Gasteiger partial charge in [-0.2, -0.15) is 0 Å². The molecule has 1 aromatic heterocycles. The first-order valence-corrected chi connectivity index (χ1v) is 8.73. The quantitative estimate of drug-likeness (QED) is 0.720. The van der Waals surface area contributed by atoms with Crippen LogP contribution in [0.5, 0.6) is 0 Å². The van der Waals surface area contributed by atoms with E-state index in [2.05, 4.69) is 9.97 Å². The van der Waals surface area contributed by atoms with Gasteiger partial charge in [-0.15, -0.1) is 0 Å². The molecule has 0 saturated carbocycles. The molecule has 0 unspecified atom stereocenters. The van der Waals surface area contributed by atoms with E-state index in [1.165, 1.54) is 0 Å². The number of fused-ring (bicyclic) bond motifs is 3. The van der Waals surface area contributed by atoms with E-state index in [0.29, 0.717) is 22.3 Å². The number of rotatable bonds is 2. The van der Waals surface area contributed by atoms with Crippen molar-refractivity contribution in [1.82, 2.24) is 9.97 Å². The van der Waals surface area contributed by atoms with Gasteiger partial charge in [0.1, 0.15) is 0 Å². The molecule has 0 bridgehead atoms. The highest BCUT2D eigenvalue weighted by Crippen LogP contribution is 2.36. The monoisotopic (exact) mass is 384 g/mol. The molecule has 7 heteroatoms. The van der Waals surface area contributed by atoms with E-state index in [1.54, 1.807) is 23.2 Å². The standard InChI is InChI=1S/C19H14Cl2N4O/c20-14-6-5-11(7-15(14)21)10-25-16-4-2-1-3-13(16)18-12(8-17(25)26)9-23-19(22)24-18/h1-7,9H,8,10H2,(H2,22,23,24). The van der Waals surface area contributed by atoms with Crippen LogP contribution in [0.1, 0.15) is 11.1 Å². The summed E-state index contributed by atoms with van der Waals surface area (Å²) in [7, 11) is 0. The third-order valence-electron chi connectivity index (χ3n) is 4.30. The summed E-state index contributed by atoms with van der Waals surface area (Å²) in [6, 6.07) is 13.0. The van der Waals surface area contributed by atoms with Crippen LogP contribution < -0.4 is 10.6 Å². The van der Waals surface area contributed by atoms with Crippen LogP contribution in [-0.2, 0) is 17.8 Å². The summed E-state index contributed by atoms with van der Waals surface area (Å²) in [6.07, 6.45) is 1.82. The zero-order valence-corrected chi connectivity index (χ0v) is 15.1. The number of nitrogen functional groups attached to an aromatic ring is 1. The molecular weight excluding hydrogens is 371 g/mol. The van der Waals surface area contributed by atoms with Crippen molar-refractivity contribution >= 4 is 40.7 Å². The molecular formula is C19H14Cl2N4O. The van der Waals surface area contributed by atoms with Crippen molar-refractivity contribution in [2.24, 2.45) is 0 Å². The second kappa shape index (κ2) is 6.59. The molecule has 2 aromatic carbocycles. The number of carbonyl (C=O) groups is 1. The molecule has 2 N–H and O–H groups in total. The number of nitrogens with two attached hydrogens (primary N) is 1. The Balaban J connectivity index is 1.82. The van der Waals surface area contributed by atoms with E-state index in [1.807, 2.05) is 30.3 Å². The van der Waals surface area contributed by atoms with Gasteiger partial charge in [0.2, 0.25) is 11.9 Å². The lowest BCUT2D eigenvalue weighted by Crippen LogP contribution is -2.31. The fourth-order valence-electron chi connectivity index (χ4n) is 3.08. The number of benzene rings is 2. The smallest absolute Gasteiger partial charge is 0.231 e. The Bertz CT molecular complexity index is 1020. The maximum atomic E-state index is 13.0. The van der Waals surface area contributed by atoms with E-state index < -0.39 is 0 Å². The Labute approximate surface area is 160 Å². The van der Waals surface area contributed by atoms with Crippen LogP contribution in [0.3, 0.4) is 0 Å². The number of amides is 1.